The van der Waals surface area contributed by atoms with Crippen molar-refractivity contribution in [3.05, 3.63) is 29.8 Å². The first-order chi connectivity index (χ1) is 38.4. The van der Waals surface area contributed by atoms with Gasteiger partial charge in [0.05, 0.1) is 55.8 Å². The number of hydrogen-bond acceptors (Lipinski definition) is 13. The number of carbonyl (C=O) groups is 9. The van der Waals surface area contributed by atoms with E-state index in [-0.39, 0.29) is 98.0 Å². The molecule has 0 bridgehead atoms. The number of nitrogens with one attached hydrogen (secondary N) is 6. The fourth-order valence-electron chi connectivity index (χ4n) is 11.1. The Hall–Kier alpha value is -5.71. The molecular weight excluding hydrogens is 1040 g/mol. The second-order valence-electron chi connectivity index (χ2n) is 23.1. The van der Waals surface area contributed by atoms with Crippen molar-refractivity contribution in [1.29, 1.82) is 0 Å². The molecule has 81 heavy (non-hydrogen) atoms. The largest absolute Gasteiger partial charge is 0.379 e. The van der Waals surface area contributed by atoms with Crippen molar-refractivity contribution in [2.75, 3.05) is 86.5 Å². The van der Waals surface area contributed by atoms with Crippen LogP contribution in [0.2, 0.25) is 0 Å². The zero-order valence-corrected chi connectivity index (χ0v) is 51.0. The summed E-state index contributed by atoms with van der Waals surface area (Å²) in [6, 6.07) is 4.36. The number of benzene rings is 1. The summed E-state index contributed by atoms with van der Waals surface area (Å²) in [6.07, 6.45) is 5.22. The van der Waals surface area contributed by atoms with E-state index in [4.69, 9.17) is 15.2 Å². The van der Waals surface area contributed by atoms with Gasteiger partial charge in [-0.3, -0.25) is 48.1 Å². The van der Waals surface area contributed by atoms with Gasteiger partial charge >= 0.3 is 0 Å². The number of hydrogen-bond donors (Lipinski definition) is 7. The molecule has 3 unspecified atom stereocenters. The fraction of sp³-hybridized carbons (Fsp3) is 0.746. The maximum atomic E-state index is 14.3. The Bertz CT molecular complexity index is 2180. The van der Waals surface area contributed by atoms with Crippen molar-refractivity contribution in [1.82, 2.24) is 46.2 Å². The van der Waals surface area contributed by atoms with Crippen molar-refractivity contribution in [3.8, 4) is 0 Å². The number of ether oxygens (including phenoxy) is 2. The van der Waals surface area contributed by atoms with E-state index in [1.807, 2.05) is 46.7 Å². The van der Waals surface area contributed by atoms with Crippen molar-refractivity contribution in [2.45, 2.75) is 175 Å². The normalized spacial score (nSPS) is 17.8. The second-order valence-corrected chi connectivity index (χ2v) is 23.1. The van der Waals surface area contributed by atoms with Crippen LogP contribution in [0.25, 0.3) is 0 Å². The lowest BCUT2D eigenvalue weighted by atomic mass is 9.90. The molecule has 2 heterocycles. The minimum absolute atomic E-state index is 0.00940. The minimum atomic E-state index is -0.937. The number of likely N-dealkylation sites (N-methyl/N-ethyl adjacent to an activating group) is 2. The highest BCUT2D eigenvalue weighted by atomic mass is 16.5. The molecule has 1 aromatic rings. The van der Waals surface area contributed by atoms with Crippen molar-refractivity contribution >= 4 is 58.9 Å². The van der Waals surface area contributed by atoms with E-state index in [2.05, 4.69) is 38.8 Å². The highest BCUT2D eigenvalue weighted by molar-refractivity contribution is 5.96. The zero-order chi connectivity index (χ0) is 60.5. The number of methoxy groups -OCH3 is 2. The summed E-state index contributed by atoms with van der Waals surface area (Å²) in [4.78, 5) is 126. The fourth-order valence-corrected chi connectivity index (χ4v) is 11.1. The molecule has 9 amide bonds. The first kappa shape index (κ1) is 69.6. The Balaban J connectivity index is 1.51. The van der Waals surface area contributed by atoms with Crippen LogP contribution < -0.4 is 37.6 Å². The van der Waals surface area contributed by atoms with Gasteiger partial charge in [0.15, 0.2) is 0 Å². The number of unbranched alkanes of at least 4 members (excludes halogenated alkanes) is 2. The Labute approximate surface area is 482 Å². The Kier molecular flexibility index (Phi) is 30.3. The molecule has 0 saturated carbocycles. The van der Waals surface area contributed by atoms with Gasteiger partial charge in [-0.25, -0.2) is 0 Å². The molecule has 0 aliphatic carbocycles. The molecule has 3 rings (SSSR count). The predicted octanol–water partition coefficient (Wildman–Crippen LogP) is 2.82. The van der Waals surface area contributed by atoms with Gasteiger partial charge in [0.25, 0.3) is 0 Å². The number of likely N-dealkylation sites (tertiary alicyclic amines) is 2. The standard InChI is InChI=1S/C59H101N11O11/c1-14-16-17-28-61-57(77)42-26-30-69(31-27-42)49(73)25-24-47(71)66-52(37(3)4)58(78)62-35-48(72)64-43-22-20-41(21-23-43)32-44(34-60)65-56(76)40(8)55(81-13)45-19-18-29-70(45)50(74)33-46(80-12)54(39(7)15-2)68(11)51(75)36-63-59(79)53(38(5)6)67(9)10/h20-23,37-40,42,44-46,52-55H,14-19,24-36,60H2,1-13H3,(H,61,77)(H,62,78)(H,63,79)(H,64,72)(H,65,76)(H,66,71)/t39-,40+,44-,45-,46+,52?,53?,54?,55+/m0/s1. The summed E-state index contributed by atoms with van der Waals surface area (Å²) in [6.45, 7) is 16.9. The van der Waals surface area contributed by atoms with Crippen LogP contribution in [0.3, 0.4) is 0 Å². The number of carbonyl (C=O) groups excluding carboxylic acids is 9. The Morgan fingerprint density at radius 2 is 1.38 bits per heavy atom. The molecule has 2 aliphatic heterocycles. The zero-order valence-electron chi connectivity index (χ0n) is 51.0. The summed E-state index contributed by atoms with van der Waals surface area (Å²) >= 11 is 0. The molecule has 22 nitrogen and oxygen atoms in total. The van der Waals surface area contributed by atoms with Crippen molar-refractivity contribution in [2.24, 2.45) is 35.3 Å². The number of piperidine rings is 1. The van der Waals surface area contributed by atoms with Gasteiger partial charge in [-0.2, -0.15) is 0 Å². The summed E-state index contributed by atoms with van der Waals surface area (Å²) in [5, 5.41) is 17.0. The smallest absolute Gasteiger partial charge is 0.243 e. The third kappa shape index (κ3) is 21.9. The van der Waals surface area contributed by atoms with Crippen molar-refractivity contribution < 1.29 is 52.6 Å². The second kappa shape index (κ2) is 35.3. The molecule has 2 aliphatic rings. The Morgan fingerprint density at radius 3 is 1.95 bits per heavy atom. The average Bonchev–Trinajstić information content (AvgIpc) is 3.95. The van der Waals surface area contributed by atoms with Gasteiger partial charge in [-0.1, -0.05) is 86.8 Å². The first-order valence-electron chi connectivity index (χ1n) is 29.5. The van der Waals surface area contributed by atoms with E-state index in [1.54, 1.807) is 66.8 Å². The van der Waals surface area contributed by atoms with Gasteiger partial charge < -0.3 is 61.8 Å². The van der Waals surface area contributed by atoms with Crippen LogP contribution in [-0.4, -0.2) is 196 Å². The quantitative estimate of drug-likeness (QED) is 0.0490. The summed E-state index contributed by atoms with van der Waals surface area (Å²) in [7, 11) is 8.40. The number of rotatable bonds is 34. The number of nitrogens with zero attached hydrogens (tertiary/aromatic N) is 4. The number of amides is 9. The van der Waals surface area contributed by atoms with Crippen LogP contribution in [0.4, 0.5) is 5.69 Å². The maximum Gasteiger partial charge on any atom is 0.243 e. The monoisotopic (exact) mass is 1140 g/mol. The maximum absolute atomic E-state index is 14.3. The van der Waals surface area contributed by atoms with Gasteiger partial charge in [-0.15, -0.1) is 0 Å². The summed E-state index contributed by atoms with van der Waals surface area (Å²) < 4.78 is 12.0. The van der Waals surface area contributed by atoms with Crippen LogP contribution in [0.15, 0.2) is 24.3 Å². The molecule has 1 aromatic carbocycles. The lowest BCUT2D eigenvalue weighted by Crippen LogP contribution is -2.55. The summed E-state index contributed by atoms with van der Waals surface area (Å²) in [5.41, 5.74) is 7.50. The average molecular weight is 1140 g/mol. The van der Waals surface area contributed by atoms with E-state index in [0.717, 1.165) is 24.8 Å². The molecule has 0 radical (unpaired) electrons. The molecular formula is C59H101N11O11. The topological polar surface area (TPSA) is 283 Å². The van der Waals surface area contributed by atoms with Crippen molar-refractivity contribution in [3.63, 3.8) is 0 Å². The summed E-state index contributed by atoms with van der Waals surface area (Å²) in [5.74, 6) is -3.75. The van der Waals surface area contributed by atoms with Gasteiger partial charge in [-0.05, 0) is 88.1 Å². The predicted molar refractivity (Wildman–Crippen MR) is 312 cm³/mol. The molecule has 22 heteroatoms. The van der Waals surface area contributed by atoms with Crippen LogP contribution in [0.5, 0.6) is 0 Å². The van der Waals surface area contributed by atoms with E-state index in [0.29, 0.717) is 70.4 Å². The molecule has 458 valence electrons. The lowest BCUT2D eigenvalue weighted by molar-refractivity contribution is -0.146. The highest BCUT2D eigenvalue weighted by Crippen LogP contribution is 2.30. The minimum Gasteiger partial charge on any atom is -0.379 e. The SMILES string of the molecule is CCCCCNC(=O)C1CCN(C(=O)CCC(=O)NC(C(=O)NCC(=O)Nc2ccc(C[C@@H](CN)NC(=O)[C@H](C)[C@@H](OC)[C@@H]3CCCN3C(=O)C[C@@H](OC)C([C@@H](C)CC)N(C)C(=O)CNC(=O)C(C(C)C)N(C)C)cc2)C(C)C)CC1. The number of nitrogens with two attached hydrogens (primary N) is 1. The van der Waals surface area contributed by atoms with Crippen LogP contribution in [0, 0.1) is 29.6 Å². The highest BCUT2D eigenvalue weighted by Gasteiger charge is 2.42. The third-order valence-corrected chi connectivity index (χ3v) is 16.1. The molecule has 8 N–H and O–H groups in total. The van der Waals surface area contributed by atoms with E-state index < -0.39 is 66.1 Å². The molecule has 2 saturated heterocycles. The van der Waals surface area contributed by atoms with Gasteiger partial charge in [0, 0.05) is 84.5 Å². The van der Waals surface area contributed by atoms with E-state index in [9.17, 15) is 43.2 Å². The Morgan fingerprint density at radius 1 is 0.728 bits per heavy atom. The third-order valence-electron chi connectivity index (χ3n) is 16.1. The molecule has 0 aromatic heterocycles. The van der Waals surface area contributed by atoms with Crippen LogP contribution in [0.1, 0.15) is 132 Å². The lowest BCUT2D eigenvalue weighted by Gasteiger charge is -2.39. The van der Waals surface area contributed by atoms with E-state index in [1.165, 1.54) is 14.2 Å². The molecule has 9 atom stereocenters. The molecule has 2 fully saturated rings. The first-order valence-corrected chi connectivity index (χ1v) is 29.5. The van der Waals surface area contributed by atoms with Gasteiger partial charge in [0.1, 0.15) is 6.04 Å². The van der Waals surface area contributed by atoms with Crippen LogP contribution >= 0.6 is 0 Å². The van der Waals surface area contributed by atoms with Gasteiger partial charge in [0.2, 0.25) is 53.2 Å². The van der Waals surface area contributed by atoms with Crippen LogP contribution in [-0.2, 0) is 59.0 Å². The molecule has 0 spiro atoms. The van der Waals surface area contributed by atoms with E-state index >= 15 is 0 Å². The number of anilines is 1.